The van der Waals surface area contributed by atoms with E-state index in [0.717, 1.165) is 4.88 Å². The first-order chi connectivity index (χ1) is 8.11. The van der Waals surface area contributed by atoms with Gasteiger partial charge in [0.15, 0.2) is 0 Å². The van der Waals surface area contributed by atoms with Gasteiger partial charge in [-0.15, -0.1) is 34.3 Å². The number of thiophene rings is 2. The number of carbonyl (C=O) groups is 1. The second kappa shape index (κ2) is 5.38. The molecule has 92 valence electrons. The molecule has 0 aliphatic carbocycles. The van der Waals surface area contributed by atoms with E-state index in [9.17, 15) is 4.79 Å². The van der Waals surface area contributed by atoms with Gasteiger partial charge in [0, 0.05) is 21.3 Å². The number of alkyl halides is 1. The third-order valence-corrected chi connectivity index (χ3v) is 5.08. The second-order valence-electron chi connectivity index (χ2n) is 4.24. The van der Waals surface area contributed by atoms with Crippen LogP contribution in [0.3, 0.4) is 0 Å². The van der Waals surface area contributed by atoms with Crippen molar-refractivity contribution in [1.82, 2.24) is 5.32 Å². The molecule has 5 heteroatoms. The third-order valence-electron chi connectivity index (χ3n) is 2.65. The first-order valence-corrected chi connectivity index (χ1v) is 7.68. The van der Waals surface area contributed by atoms with Crippen LogP contribution >= 0.6 is 34.3 Å². The number of amides is 1. The van der Waals surface area contributed by atoms with E-state index in [2.05, 4.69) is 19.2 Å². The molecular formula is C12H14ClNOS2. The van der Waals surface area contributed by atoms with E-state index in [1.807, 2.05) is 17.5 Å². The number of hydrogen-bond acceptors (Lipinski definition) is 3. The number of hydrogen-bond donors (Lipinski definition) is 1. The number of carbonyl (C=O) groups excluding carboxylic acids is 1. The maximum Gasteiger partial charge on any atom is 0.261 e. The summed E-state index contributed by atoms with van der Waals surface area (Å²) in [5.41, 5.74) is 0. The minimum atomic E-state index is -0.0160. The van der Waals surface area contributed by atoms with Gasteiger partial charge in [-0.3, -0.25) is 4.79 Å². The first kappa shape index (κ1) is 12.9. The highest BCUT2D eigenvalue weighted by atomic mass is 35.5. The van der Waals surface area contributed by atoms with Crippen LogP contribution in [0.2, 0.25) is 0 Å². The van der Waals surface area contributed by atoms with Crippen LogP contribution in [-0.4, -0.2) is 17.8 Å². The standard InChI is InChI=1S/C12H14ClNOS2/c1-7(2)8(6-13)14-12(15)11-5-10-9(17-11)3-4-16-10/h3-5,7-8H,6H2,1-2H3,(H,14,15). The average Bonchev–Trinajstić information content (AvgIpc) is 2.84. The summed E-state index contributed by atoms with van der Waals surface area (Å²) in [5, 5.41) is 5.02. The van der Waals surface area contributed by atoms with Crippen LogP contribution in [-0.2, 0) is 0 Å². The highest BCUT2D eigenvalue weighted by Gasteiger charge is 2.17. The highest BCUT2D eigenvalue weighted by molar-refractivity contribution is 7.27. The van der Waals surface area contributed by atoms with Gasteiger partial charge in [0.1, 0.15) is 0 Å². The van der Waals surface area contributed by atoms with E-state index >= 15 is 0 Å². The van der Waals surface area contributed by atoms with Crippen molar-refractivity contribution in [2.24, 2.45) is 5.92 Å². The monoisotopic (exact) mass is 287 g/mol. The van der Waals surface area contributed by atoms with Gasteiger partial charge < -0.3 is 5.32 Å². The summed E-state index contributed by atoms with van der Waals surface area (Å²) < 4.78 is 2.35. The Morgan fingerprint density at radius 3 is 2.82 bits per heavy atom. The Morgan fingerprint density at radius 1 is 1.47 bits per heavy atom. The van der Waals surface area contributed by atoms with Gasteiger partial charge in [0.2, 0.25) is 0 Å². The van der Waals surface area contributed by atoms with Crippen molar-refractivity contribution in [3.8, 4) is 0 Å². The summed E-state index contributed by atoms with van der Waals surface area (Å²) in [7, 11) is 0. The van der Waals surface area contributed by atoms with Crippen LogP contribution in [0.25, 0.3) is 9.40 Å². The molecule has 2 rings (SSSR count). The molecule has 1 unspecified atom stereocenters. The molecule has 0 aromatic carbocycles. The van der Waals surface area contributed by atoms with E-state index in [1.165, 1.54) is 20.7 Å². The molecule has 1 N–H and O–H groups in total. The van der Waals surface area contributed by atoms with Gasteiger partial charge >= 0.3 is 0 Å². The summed E-state index contributed by atoms with van der Waals surface area (Å²) in [6, 6.07) is 4.03. The molecule has 0 spiro atoms. The molecule has 0 saturated heterocycles. The molecule has 1 amide bonds. The fourth-order valence-electron chi connectivity index (χ4n) is 1.50. The summed E-state index contributed by atoms with van der Waals surface area (Å²) in [6.45, 7) is 4.11. The summed E-state index contributed by atoms with van der Waals surface area (Å²) in [4.78, 5) is 12.8. The Labute approximate surface area is 114 Å². The maximum absolute atomic E-state index is 12.0. The molecule has 17 heavy (non-hydrogen) atoms. The lowest BCUT2D eigenvalue weighted by molar-refractivity contribution is 0.0935. The highest BCUT2D eigenvalue weighted by Crippen LogP contribution is 2.29. The normalized spacial score (nSPS) is 13.2. The number of halogens is 1. The smallest absolute Gasteiger partial charge is 0.261 e. The molecule has 2 heterocycles. The van der Waals surface area contributed by atoms with Crippen molar-refractivity contribution >= 4 is 49.6 Å². The van der Waals surface area contributed by atoms with E-state index in [4.69, 9.17) is 11.6 Å². The first-order valence-electron chi connectivity index (χ1n) is 5.45. The molecule has 2 aromatic heterocycles. The fourth-order valence-corrected chi connectivity index (χ4v) is 3.95. The van der Waals surface area contributed by atoms with Gasteiger partial charge in [0.05, 0.1) is 4.88 Å². The maximum atomic E-state index is 12.0. The lowest BCUT2D eigenvalue weighted by atomic mass is 10.1. The van der Waals surface area contributed by atoms with Crippen LogP contribution in [0.5, 0.6) is 0 Å². The van der Waals surface area contributed by atoms with E-state index in [1.54, 1.807) is 11.3 Å². The predicted molar refractivity (Wildman–Crippen MR) is 76.5 cm³/mol. The predicted octanol–water partition coefficient (Wildman–Crippen LogP) is 3.96. The zero-order chi connectivity index (χ0) is 12.4. The summed E-state index contributed by atoms with van der Waals surface area (Å²) in [6.07, 6.45) is 0. The van der Waals surface area contributed by atoms with Gasteiger partial charge in [-0.25, -0.2) is 0 Å². The molecule has 1 atom stereocenters. The third kappa shape index (κ3) is 2.81. The minimum Gasteiger partial charge on any atom is -0.347 e. The Bertz CT molecular complexity index is 489. The SMILES string of the molecule is CC(C)C(CCl)NC(=O)c1cc2sccc2s1. The molecule has 0 saturated carbocycles. The fraction of sp³-hybridized carbons (Fsp3) is 0.417. The average molecular weight is 288 g/mol. The largest absolute Gasteiger partial charge is 0.347 e. The molecule has 0 fully saturated rings. The quantitative estimate of drug-likeness (QED) is 0.848. The van der Waals surface area contributed by atoms with E-state index in [0.29, 0.717) is 11.8 Å². The van der Waals surface area contributed by atoms with Gasteiger partial charge in [-0.2, -0.15) is 0 Å². The van der Waals surface area contributed by atoms with Gasteiger partial charge in [-0.05, 0) is 23.4 Å². The van der Waals surface area contributed by atoms with Crippen LogP contribution in [0, 0.1) is 5.92 Å². The van der Waals surface area contributed by atoms with E-state index in [-0.39, 0.29) is 11.9 Å². The second-order valence-corrected chi connectivity index (χ2v) is 6.58. The number of nitrogens with one attached hydrogen (secondary N) is 1. The Hall–Kier alpha value is -0.580. The molecule has 0 bridgehead atoms. The zero-order valence-corrected chi connectivity index (χ0v) is 12.1. The summed E-state index contributed by atoms with van der Waals surface area (Å²) in [5.74, 6) is 0.777. The van der Waals surface area contributed by atoms with E-state index < -0.39 is 0 Å². The molecule has 2 aromatic rings. The molecular weight excluding hydrogens is 274 g/mol. The number of rotatable bonds is 4. The van der Waals surface area contributed by atoms with Crippen molar-refractivity contribution < 1.29 is 4.79 Å². The van der Waals surface area contributed by atoms with Crippen LogP contribution in [0.15, 0.2) is 17.5 Å². The minimum absolute atomic E-state index is 0.0160. The Balaban J connectivity index is 2.12. The van der Waals surface area contributed by atoms with Crippen molar-refractivity contribution in [2.75, 3.05) is 5.88 Å². The molecule has 0 radical (unpaired) electrons. The Kier molecular flexibility index (Phi) is 4.07. The van der Waals surface area contributed by atoms with Crippen molar-refractivity contribution in [3.63, 3.8) is 0 Å². The Morgan fingerprint density at radius 2 is 2.24 bits per heavy atom. The van der Waals surface area contributed by atoms with Crippen molar-refractivity contribution in [3.05, 3.63) is 22.4 Å². The van der Waals surface area contributed by atoms with Crippen LogP contribution < -0.4 is 5.32 Å². The molecule has 2 nitrogen and oxygen atoms in total. The van der Waals surface area contributed by atoms with Crippen LogP contribution in [0.1, 0.15) is 23.5 Å². The molecule has 0 aliphatic rings. The van der Waals surface area contributed by atoms with Gasteiger partial charge in [-0.1, -0.05) is 13.8 Å². The lowest BCUT2D eigenvalue weighted by Gasteiger charge is -2.19. The summed E-state index contributed by atoms with van der Waals surface area (Å²) >= 11 is 9.03. The van der Waals surface area contributed by atoms with Crippen molar-refractivity contribution in [1.29, 1.82) is 0 Å². The van der Waals surface area contributed by atoms with Crippen LogP contribution in [0.4, 0.5) is 0 Å². The van der Waals surface area contributed by atoms with Gasteiger partial charge in [0.25, 0.3) is 5.91 Å². The topological polar surface area (TPSA) is 29.1 Å². The van der Waals surface area contributed by atoms with Crippen molar-refractivity contribution in [2.45, 2.75) is 19.9 Å². The zero-order valence-electron chi connectivity index (χ0n) is 9.70. The molecule has 0 aliphatic heterocycles. The number of fused-ring (bicyclic) bond motifs is 1. The lowest BCUT2D eigenvalue weighted by Crippen LogP contribution is -2.39.